The van der Waals surface area contributed by atoms with Gasteiger partial charge in [0.15, 0.2) is 11.6 Å². The van der Waals surface area contributed by atoms with Gasteiger partial charge in [-0.05, 0) is 24.6 Å². The van der Waals surface area contributed by atoms with Gasteiger partial charge in [0.05, 0.1) is 0 Å². The topological polar surface area (TPSA) is 25.8 Å². The number of benzene rings is 1. The fourth-order valence-electron chi connectivity index (χ4n) is 1.32. The van der Waals surface area contributed by atoms with Gasteiger partial charge in [-0.3, -0.25) is 0 Å². The van der Waals surface area contributed by atoms with Crippen molar-refractivity contribution in [2.75, 3.05) is 5.88 Å². The first kappa shape index (κ1) is 12.4. The van der Waals surface area contributed by atoms with Crippen molar-refractivity contribution < 1.29 is 8.78 Å². The molecule has 1 aromatic carbocycles. The Kier molecular flexibility index (Phi) is 4.02. The van der Waals surface area contributed by atoms with Crippen LogP contribution in [0.1, 0.15) is 11.4 Å². The lowest BCUT2D eigenvalue weighted by atomic mass is 10.2. The number of rotatable bonds is 4. The number of alkyl halides is 1. The van der Waals surface area contributed by atoms with Crippen molar-refractivity contribution in [3.63, 3.8) is 0 Å². The van der Waals surface area contributed by atoms with Gasteiger partial charge in [-0.15, -0.1) is 21.8 Å². The molecule has 0 amide bonds. The maximum absolute atomic E-state index is 13.0. The Balaban J connectivity index is 2.21. The number of aromatic nitrogens is 2. The predicted octanol–water partition coefficient (Wildman–Crippen LogP) is 3.65. The predicted molar refractivity (Wildman–Crippen MR) is 64.3 cm³/mol. The molecule has 0 unspecified atom stereocenters. The summed E-state index contributed by atoms with van der Waals surface area (Å²) in [5, 5.41) is 9.37. The minimum Gasteiger partial charge on any atom is -0.204 e. The number of hydrogen-bond acceptors (Lipinski definition) is 3. The Hall–Kier alpha value is -1.07. The Bertz CT molecular complexity index is 516. The normalized spacial score (nSPS) is 10.8. The molecule has 0 saturated heterocycles. The molecule has 0 atom stereocenters. The van der Waals surface area contributed by atoms with Crippen LogP contribution in [0.15, 0.2) is 18.2 Å². The fraction of sp³-hybridized carbons (Fsp3) is 0.273. The second kappa shape index (κ2) is 5.51. The van der Waals surface area contributed by atoms with Crippen LogP contribution in [0.3, 0.4) is 0 Å². The number of nitrogens with zero attached hydrogens (tertiary/aromatic N) is 2. The number of halogens is 3. The molecular weight excluding hydrogens is 266 g/mol. The van der Waals surface area contributed by atoms with E-state index in [1.165, 1.54) is 17.4 Å². The highest BCUT2D eigenvalue weighted by molar-refractivity contribution is 7.14. The van der Waals surface area contributed by atoms with Crippen molar-refractivity contribution in [3.8, 4) is 10.6 Å². The average Bonchev–Trinajstić information content (AvgIpc) is 2.79. The Labute approximate surface area is 106 Å². The molecule has 0 aliphatic carbocycles. The van der Waals surface area contributed by atoms with Crippen molar-refractivity contribution in [2.45, 2.75) is 12.8 Å². The summed E-state index contributed by atoms with van der Waals surface area (Å²) in [7, 11) is 0. The van der Waals surface area contributed by atoms with Gasteiger partial charge >= 0.3 is 0 Å². The zero-order chi connectivity index (χ0) is 12.3. The van der Waals surface area contributed by atoms with Gasteiger partial charge in [-0.25, -0.2) is 8.78 Å². The van der Waals surface area contributed by atoms with Crippen LogP contribution in [-0.2, 0) is 6.42 Å². The molecule has 17 heavy (non-hydrogen) atoms. The van der Waals surface area contributed by atoms with E-state index in [0.29, 0.717) is 16.5 Å². The lowest BCUT2D eigenvalue weighted by Gasteiger charge is -1.96. The van der Waals surface area contributed by atoms with Crippen LogP contribution < -0.4 is 0 Å². The molecule has 1 aromatic heterocycles. The summed E-state index contributed by atoms with van der Waals surface area (Å²) in [6.45, 7) is 0. The van der Waals surface area contributed by atoms with E-state index in [2.05, 4.69) is 10.2 Å². The van der Waals surface area contributed by atoms with E-state index in [1.807, 2.05) is 0 Å². The Morgan fingerprint density at radius 1 is 1.18 bits per heavy atom. The van der Waals surface area contributed by atoms with E-state index in [0.717, 1.165) is 30.0 Å². The molecule has 0 saturated carbocycles. The molecule has 0 bridgehead atoms. The standard InChI is InChI=1S/C11H9ClF2N2S/c12-5-1-2-10-15-16-11(17-10)7-3-4-8(13)9(14)6-7/h3-4,6H,1-2,5H2. The van der Waals surface area contributed by atoms with Crippen LogP contribution in [-0.4, -0.2) is 16.1 Å². The number of hydrogen-bond donors (Lipinski definition) is 0. The highest BCUT2D eigenvalue weighted by atomic mass is 35.5. The molecule has 6 heteroatoms. The van der Waals surface area contributed by atoms with Crippen LogP contribution in [0, 0.1) is 11.6 Å². The second-order valence-electron chi connectivity index (χ2n) is 3.42. The second-order valence-corrected chi connectivity index (χ2v) is 4.86. The molecular formula is C11H9ClF2N2S. The fourth-order valence-corrected chi connectivity index (χ4v) is 2.33. The molecule has 90 valence electrons. The molecule has 0 aliphatic rings. The van der Waals surface area contributed by atoms with Crippen LogP contribution in [0.4, 0.5) is 8.78 Å². The third-order valence-corrected chi connectivity index (χ3v) is 3.46. The highest BCUT2D eigenvalue weighted by Gasteiger charge is 2.09. The van der Waals surface area contributed by atoms with Gasteiger partial charge in [-0.2, -0.15) is 0 Å². The maximum atomic E-state index is 13.0. The summed E-state index contributed by atoms with van der Waals surface area (Å²) >= 11 is 6.95. The molecule has 1 heterocycles. The lowest BCUT2D eigenvalue weighted by molar-refractivity contribution is 0.509. The summed E-state index contributed by atoms with van der Waals surface area (Å²) in [6.07, 6.45) is 1.58. The third-order valence-electron chi connectivity index (χ3n) is 2.16. The zero-order valence-electron chi connectivity index (χ0n) is 8.79. The van der Waals surface area contributed by atoms with Gasteiger partial charge < -0.3 is 0 Å². The van der Waals surface area contributed by atoms with Crippen molar-refractivity contribution in [3.05, 3.63) is 34.8 Å². The van der Waals surface area contributed by atoms with Crippen LogP contribution in [0.25, 0.3) is 10.6 Å². The summed E-state index contributed by atoms with van der Waals surface area (Å²) < 4.78 is 25.8. The molecule has 0 fully saturated rings. The zero-order valence-corrected chi connectivity index (χ0v) is 10.4. The number of aryl methyl sites for hydroxylation is 1. The van der Waals surface area contributed by atoms with Crippen LogP contribution >= 0.6 is 22.9 Å². The molecule has 2 aromatic rings. The van der Waals surface area contributed by atoms with Gasteiger partial charge in [0.25, 0.3) is 0 Å². The van der Waals surface area contributed by atoms with Crippen molar-refractivity contribution in [2.24, 2.45) is 0 Å². The van der Waals surface area contributed by atoms with Gasteiger partial charge in [0.1, 0.15) is 10.0 Å². The van der Waals surface area contributed by atoms with Gasteiger partial charge in [0, 0.05) is 17.9 Å². The monoisotopic (exact) mass is 274 g/mol. The largest absolute Gasteiger partial charge is 0.204 e. The maximum Gasteiger partial charge on any atom is 0.159 e. The lowest BCUT2D eigenvalue weighted by Crippen LogP contribution is -1.85. The average molecular weight is 275 g/mol. The third kappa shape index (κ3) is 2.98. The first-order chi connectivity index (χ1) is 8.20. The van der Waals surface area contributed by atoms with Crippen LogP contribution in [0.5, 0.6) is 0 Å². The first-order valence-corrected chi connectivity index (χ1v) is 6.39. The van der Waals surface area contributed by atoms with Crippen molar-refractivity contribution in [1.29, 1.82) is 0 Å². The van der Waals surface area contributed by atoms with E-state index < -0.39 is 11.6 Å². The Morgan fingerprint density at radius 2 is 2.00 bits per heavy atom. The van der Waals surface area contributed by atoms with E-state index in [9.17, 15) is 8.78 Å². The minimum atomic E-state index is -0.875. The van der Waals surface area contributed by atoms with E-state index in [4.69, 9.17) is 11.6 Å². The Morgan fingerprint density at radius 3 is 2.71 bits per heavy atom. The van der Waals surface area contributed by atoms with E-state index >= 15 is 0 Å². The quantitative estimate of drug-likeness (QED) is 0.795. The highest BCUT2D eigenvalue weighted by Crippen LogP contribution is 2.25. The summed E-state index contributed by atoms with van der Waals surface area (Å²) in [6, 6.07) is 3.70. The summed E-state index contributed by atoms with van der Waals surface area (Å²) in [5.41, 5.74) is 0.540. The molecule has 0 N–H and O–H groups in total. The van der Waals surface area contributed by atoms with Crippen molar-refractivity contribution in [1.82, 2.24) is 10.2 Å². The molecule has 0 spiro atoms. The summed E-state index contributed by atoms with van der Waals surface area (Å²) in [5.74, 6) is -1.17. The molecule has 2 rings (SSSR count). The molecule has 0 aliphatic heterocycles. The van der Waals surface area contributed by atoms with Gasteiger partial charge in [-0.1, -0.05) is 11.3 Å². The van der Waals surface area contributed by atoms with E-state index in [1.54, 1.807) is 0 Å². The van der Waals surface area contributed by atoms with Crippen molar-refractivity contribution >= 4 is 22.9 Å². The minimum absolute atomic E-state index is 0.540. The van der Waals surface area contributed by atoms with Crippen LogP contribution in [0.2, 0.25) is 0 Å². The summed E-state index contributed by atoms with van der Waals surface area (Å²) in [4.78, 5) is 0. The first-order valence-electron chi connectivity index (χ1n) is 5.04. The van der Waals surface area contributed by atoms with Gasteiger partial charge in [0.2, 0.25) is 0 Å². The van der Waals surface area contributed by atoms with E-state index in [-0.39, 0.29) is 0 Å². The smallest absolute Gasteiger partial charge is 0.159 e. The molecule has 0 radical (unpaired) electrons. The molecule has 2 nitrogen and oxygen atoms in total. The SMILES string of the molecule is Fc1ccc(-c2nnc(CCCCl)s2)cc1F.